The highest BCUT2D eigenvalue weighted by atomic mass is 32.1. The molecule has 4 rings (SSSR count). The van der Waals surface area contributed by atoms with E-state index in [2.05, 4.69) is 5.32 Å². The molecule has 1 aromatic carbocycles. The molecular formula is C21H20F3NO6S. The van der Waals surface area contributed by atoms with E-state index in [9.17, 15) is 33.3 Å². The molecule has 5 unspecified atom stereocenters. The van der Waals surface area contributed by atoms with Crippen molar-refractivity contribution in [2.45, 2.75) is 43.6 Å². The quantitative estimate of drug-likeness (QED) is 0.433. The Hall–Kier alpha value is -2.44. The summed E-state index contributed by atoms with van der Waals surface area (Å²) in [5, 5.41) is 33.9. The number of aliphatic hydroxyl groups excluding tert-OH is 3. The molecule has 32 heavy (non-hydrogen) atoms. The standard InChI is InChI=1S/C21H20F3NO6S/c1-9-17(19(28)18(27)13(8-26)30-9)25-10-4-5-11-12(7-10)31-20(29)15(14-3-2-6-32-14)16(11)21(22,23)24/h2-7,9,13,17-19,25-28H,8H2,1H3. The number of halogens is 3. The Kier molecular flexibility index (Phi) is 6.03. The molecule has 1 aliphatic rings. The predicted molar refractivity (Wildman–Crippen MR) is 112 cm³/mol. The van der Waals surface area contributed by atoms with Gasteiger partial charge in [0.2, 0.25) is 0 Å². The number of ether oxygens (including phenoxy) is 1. The van der Waals surface area contributed by atoms with Gasteiger partial charge in [-0.15, -0.1) is 11.3 Å². The molecule has 0 saturated carbocycles. The molecule has 1 fully saturated rings. The van der Waals surface area contributed by atoms with Gasteiger partial charge in [0.25, 0.3) is 0 Å². The predicted octanol–water partition coefficient (Wildman–Crippen LogP) is 2.82. The van der Waals surface area contributed by atoms with Crippen LogP contribution >= 0.6 is 11.3 Å². The van der Waals surface area contributed by atoms with Crippen LogP contribution in [0.3, 0.4) is 0 Å². The number of alkyl halides is 3. The van der Waals surface area contributed by atoms with Crippen LogP contribution in [0.2, 0.25) is 0 Å². The van der Waals surface area contributed by atoms with Gasteiger partial charge in [-0.05, 0) is 30.5 Å². The Morgan fingerprint density at radius 2 is 1.94 bits per heavy atom. The first kappa shape index (κ1) is 22.7. The van der Waals surface area contributed by atoms with E-state index in [4.69, 9.17) is 9.15 Å². The number of hydrogen-bond acceptors (Lipinski definition) is 8. The van der Waals surface area contributed by atoms with E-state index >= 15 is 0 Å². The van der Waals surface area contributed by atoms with Crippen LogP contribution in [0.15, 0.2) is 44.9 Å². The maximum absolute atomic E-state index is 13.9. The Morgan fingerprint density at radius 1 is 1.19 bits per heavy atom. The normalized spacial score (nSPS) is 26.4. The van der Waals surface area contributed by atoms with E-state index < -0.39 is 60.0 Å². The van der Waals surface area contributed by atoms with E-state index in [0.29, 0.717) is 0 Å². The van der Waals surface area contributed by atoms with Gasteiger partial charge in [-0.2, -0.15) is 13.2 Å². The van der Waals surface area contributed by atoms with Crippen molar-refractivity contribution in [2.75, 3.05) is 11.9 Å². The Morgan fingerprint density at radius 3 is 2.56 bits per heavy atom. The zero-order valence-electron chi connectivity index (χ0n) is 16.7. The second kappa shape index (κ2) is 8.49. The molecule has 1 saturated heterocycles. The zero-order chi connectivity index (χ0) is 23.2. The minimum absolute atomic E-state index is 0.152. The van der Waals surface area contributed by atoms with Crippen molar-refractivity contribution in [1.29, 1.82) is 0 Å². The van der Waals surface area contributed by atoms with Crippen molar-refractivity contribution in [1.82, 2.24) is 0 Å². The minimum atomic E-state index is -4.80. The molecule has 172 valence electrons. The van der Waals surface area contributed by atoms with Crippen LogP contribution in [-0.2, 0) is 10.9 Å². The number of hydrogen-bond donors (Lipinski definition) is 4. The highest BCUT2D eigenvalue weighted by molar-refractivity contribution is 7.13. The van der Waals surface area contributed by atoms with Crippen molar-refractivity contribution in [3.63, 3.8) is 0 Å². The molecule has 2 aromatic heterocycles. The van der Waals surface area contributed by atoms with E-state index in [1.54, 1.807) is 18.4 Å². The maximum atomic E-state index is 13.9. The van der Waals surface area contributed by atoms with Crippen molar-refractivity contribution < 1.29 is 37.6 Å². The zero-order valence-corrected chi connectivity index (χ0v) is 17.5. The average molecular weight is 471 g/mol. The first-order valence-electron chi connectivity index (χ1n) is 9.72. The third kappa shape index (κ3) is 4.02. The lowest BCUT2D eigenvalue weighted by Crippen LogP contribution is -2.60. The van der Waals surface area contributed by atoms with E-state index in [1.807, 2.05) is 0 Å². The van der Waals surface area contributed by atoms with Gasteiger partial charge in [-0.3, -0.25) is 0 Å². The molecule has 4 N–H and O–H groups in total. The third-order valence-electron chi connectivity index (χ3n) is 5.47. The monoisotopic (exact) mass is 471 g/mol. The topological polar surface area (TPSA) is 112 Å². The lowest BCUT2D eigenvalue weighted by molar-refractivity contribution is -0.180. The molecule has 0 radical (unpaired) electrons. The smallest absolute Gasteiger partial charge is 0.418 e. The summed E-state index contributed by atoms with van der Waals surface area (Å²) in [6.07, 6.45) is -9.07. The molecule has 0 amide bonds. The number of fused-ring (bicyclic) bond motifs is 1. The van der Waals surface area contributed by atoms with Crippen LogP contribution in [-0.4, -0.2) is 52.4 Å². The first-order chi connectivity index (χ1) is 15.1. The van der Waals surface area contributed by atoms with Crippen LogP contribution in [0.4, 0.5) is 18.9 Å². The van der Waals surface area contributed by atoms with Crippen LogP contribution in [0.25, 0.3) is 21.4 Å². The van der Waals surface area contributed by atoms with Gasteiger partial charge in [-0.1, -0.05) is 6.07 Å². The SMILES string of the molecule is CC1OC(CO)C(O)C(O)C1Nc1ccc2c(C(F)(F)F)c(-c3cccs3)c(=O)oc2c1. The van der Waals surface area contributed by atoms with Crippen molar-refractivity contribution in [2.24, 2.45) is 0 Å². The highest BCUT2D eigenvalue weighted by Crippen LogP contribution is 2.41. The Labute approximate surface area is 183 Å². The molecule has 5 atom stereocenters. The summed E-state index contributed by atoms with van der Waals surface area (Å²) in [5.41, 5.74) is -2.75. The van der Waals surface area contributed by atoms with E-state index in [-0.39, 0.29) is 21.5 Å². The fourth-order valence-electron chi connectivity index (χ4n) is 3.93. The number of aliphatic hydroxyl groups is 3. The highest BCUT2D eigenvalue weighted by Gasteiger charge is 2.42. The van der Waals surface area contributed by atoms with Crippen LogP contribution in [0, 0.1) is 0 Å². The summed E-state index contributed by atoms with van der Waals surface area (Å²) in [7, 11) is 0. The van der Waals surface area contributed by atoms with Crippen molar-refractivity contribution in [3.8, 4) is 10.4 Å². The first-order valence-corrected chi connectivity index (χ1v) is 10.6. The number of benzene rings is 1. The molecular weight excluding hydrogens is 451 g/mol. The summed E-state index contributed by atoms with van der Waals surface area (Å²) in [5.74, 6) is 0. The summed E-state index contributed by atoms with van der Waals surface area (Å²) in [6.45, 7) is 1.13. The Bertz CT molecular complexity index is 1160. The lowest BCUT2D eigenvalue weighted by Gasteiger charge is -2.41. The van der Waals surface area contributed by atoms with Crippen molar-refractivity contribution >= 4 is 28.0 Å². The van der Waals surface area contributed by atoms with Gasteiger partial charge in [0.05, 0.1) is 29.9 Å². The van der Waals surface area contributed by atoms with Gasteiger partial charge in [0.1, 0.15) is 23.9 Å². The van der Waals surface area contributed by atoms with Crippen LogP contribution in [0.1, 0.15) is 12.5 Å². The number of thiophene rings is 1. The van der Waals surface area contributed by atoms with E-state index in [1.165, 1.54) is 24.3 Å². The summed E-state index contributed by atoms with van der Waals surface area (Å²) in [4.78, 5) is 12.7. The second-order valence-electron chi connectivity index (χ2n) is 7.54. The maximum Gasteiger partial charge on any atom is 0.418 e. The molecule has 7 nitrogen and oxygen atoms in total. The average Bonchev–Trinajstić information content (AvgIpc) is 3.26. The summed E-state index contributed by atoms with van der Waals surface area (Å²) >= 11 is 1.00. The molecule has 3 heterocycles. The van der Waals surface area contributed by atoms with Gasteiger partial charge in [-0.25, -0.2) is 4.79 Å². The minimum Gasteiger partial charge on any atom is -0.422 e. The molecule has 1 aliphatic heterocycles. The van der Waals surface area contributed by atoms with Crippen LogP contribution < -0.4 is 10.9 Å². The summed E-state index contributed by atoms with van der Waals surface area (Å²) in [6, 6.07) is 5.92. The van der Waals surface area contributed by atoms with Crippen molar-refractivity contribution in [3.05, 3.63) is 51.7 Å². The fourth-order valence-corrected chi connectivity index (χ4v) is 4.69. The van der Waals surface area contributed by atoms with Gasteiger partial charge >= 0.3 is 11.8 Å². The molecule has 0 spiro atoms. The van der Waals surface area contributed by atoms with E-state index in [0.717, 1.165) is 11.3 Å². The lowest BCUT2D eigenvalue weighted by atomic mass is 9.93. The second-order valence-corrected chi connectivity index (χ2v) is 8.49. The number of anilines is 1. The third-order valence-corrected chi connectivity index (χ3v) is 6.35. The van der Waals surface area contributed by atoms with Gasteiger partial charge in [0, 0.05) is 22.0 Å². The summed E-state index contributed by atoms with van der Waals surface area (Å²) < 4.78 is 52.6. The Balaban J connectivity index is 1.76. The number of nitrogens with one attached hydrogen (secondary N) is 1. The van der Waals surface area contributed by atoms with Gasteiger partial charge < -0.3 is 29.8 Å². The molecule has 3 aromatic rings. The largest absolute Gasteiger partial charge is 0.422 e. The molecule has 0 aliphatic carbocycles. The van der Waals surface area contributed by atoms with Crippen LogP contribution in [0.5, 0.6) is 0 Å². The molecule has 11 heteroatoms. The fraction of sp³-hybridized carbons (Fsp3) is 0.381. The molecule has 0 bridgehead atoms. The number of rotatable bonds is 4. The van der Waals surface area contributed by atoms with Gasteiger partial charge in [0.15, 0.2) is 0 Å².